The summed E-state index contributed by atoms with van der Waals surface area (Å²) < 4.78 is 5.75. The summed E-state index contributed by atoms with van der Waals surface area (Å²) in [6.45, 7) is 8.49. The largest absolute Gasteiger partial charge is 0.462 e. The standard InChI is InChI=1S/C15H30N2O2/c1-9(2)12-6-5-10(3)7-13(12)19-15(18)11(4)8-14(16)17/h9-14H,5-8,16-17H2,1-4H3/t10-,11?,12+,13?/m1/s1. The van der Waals surface area contributed by atoms with E-state index in [0.717, 1.165) is 12.8 Å². The molecule has 1 aliphatic rings. The van der Waals surface area contributed by atoms with Crippen LogP contribution in [0.25, 0.3) is 0 Å². The topological polar surface area (TPSA) is 78.3 Å². The van der Waals surface area contributed by atoms with Gasteiger partial charge in [-0.3, -0.25) is 4.79 Å². The molecule has 1 rings (SSSR count). The number of esters is 1. The third-order valence-corrected chi connectivity index (χ3v) is 4.26. The Labute approximate surface area is 117 Å². The molecule has 0 aromatic carbocycles. The second-order valence-electron chi connectivity index (χ2n) is 6.60. The highest BCUT2D eigenvalue weighted by molar-refractivity contribution is 5.72. The number of rotatable bonds is 5. The van der Waals surface area contributed by atoms with E-state index in [1.807, 2.05) is 6.92 Å². The molecule has 112 valence electrons. The molecule has 1 aliphatic carbocycles. The third-order valence-electron chi connectivity index (χ3n) is 4.26. The maximum Gasteiger partial charge on any atom is 0.309 e. The Kier molecular flexibility index (Phi) is 6.27. The van der Waals surface area contributed by atoms with Crippen molar-refractivity contribution in [3.05, 3.63) is 0 Å². The van der Waals surface area contributed by atoms with Gasteiger partial charge in [0.05, 0.1) is 12.1 Å². The molecule has 2 unspecified atom stereocenters. The van der Waals surface area contributed by atoms with Gasteiger partial charge in [0.2, 0.25) is 0 Å². The number of ether oxygens (including phenoxy) is 1. The lowest BCUT2D eigenvalue weighted by Gasteiger charge is -2.37. The number of carbonyl (C=O) groups is 1. The molecular formula is C15H30N2O2. The first-order valence-corrected chi connectivity index (χ1v) is 7.52. The van der Waals surface area contributed by atoms with Gasteiger partial charge in [-0.1, -0.05) is 34.1 Å². The quantitative estimate of drug-likeness (QED) is 0.593. The average Bonchev–Trinajstić information content (AvgIpc) is 2.27. The number of hydrogen-bond acceptors (Lipinski definition) is 4. The molecule has 0 aromatic heterocycles. The molecule has 0 amide bonds. The first-order chi connectivity index (χ1) is 8.81. The van der Waals surface area contributed by atoms with Gasteiger partial charge in [0.25, 0.3) is 0 Å². The van der Waals surface area contributed by atoms with Gasteiger partial charge in [-0.05, 0) is 37.0 Å². The Morgan fingerprint density at radius 3 is 2.42 bits per heavy atom. The van der Waals surface area contributed by atoms with Crippen molar-refractivity contribution in [1.82, 2.24) is 0 Å². The zero-order valence-electron chi connectivity index (χ0n) is 12.8. The predicted octanol–water partition coefficient (Wildman–Crippen LogP) is 2.26. The van der Waals surface area contributed by atoms with Crippen molar-refractivity contribution in [2.45, 2.75) is 65.6 Å². The van der Waals surface area contributed by atoms with Crippen molar-refractivity contribution in [3.8, 4) is 0 Å². The molecule has 4 heteroatoms. The van der Waals surface area contributed by atoms with Crippen molar-refractivity contribution >= 4 is 5.97 Å². The highest BCUT2D eigenvalue weighted by Gasteiger charge is 2.34. The minimum absolute atomic E-state index is 0.0627. The monoisotopic (exact) mass is 270 g/mol. The Hall–Kier alpha value is -0.610. The van der Waals surface area contributed by atoms with E-state index in [9.17, 15) is 4.79 Å². The van der Waals surface area contributed by atoms with Crippen LogP contribution in [-0.4, -0.2) is 18.2 Å². The third kappa shape index (κ3) is 5.11. The van der Waals surface area contributed by atoms with Gasteiger partial charge >= 0.3 is 5.97 Å². The van der Waals surface area contributed by atoms with E-state index < -0.39 is 6.17 Å². The minimum Gasteiger partial charge on any atom is -0.462 e. The van der Waals surface area contributed by atoms with Gasteiger partial charge in [-0.2, -0.15) is 0 Å². The van der Waals surface area contributed by atoms with E-state index in [0.29, 0.717) is 24.2 Å². The first-order valence-electron chi connectivity index (χ1n) is 7.52. The Morgan fingerprint density at radius 2 is 1.89 bits per heavy atom. The van der Waals surface area contributed by atoms with Gasteiger partial charge in [-0.25, -0.2) is 0 Å². The van der Waals surface area contributed by atoms with Crippen LogP contribution in [0.3, 0.4) is 0 Å². The van der Waals surface area contributed by atoms with Gasteiger partial charge < -0.3 is 16.2 Å². The van der Waals surface area contributed by atoms with Crippen LogP contribution in [0, 0.1) is 23.7 Å². The van der Waals surface area contributed by atoms with Crippen LogP contribution in [0.4, 0.5) is 0 Å². The van der Waals surface area contributed by atoms with Crippen LogP contribution < -0.4 is 11.5 Å². The number of nitrogens with two attached hydrogens (primary N) is 2. The molecule has 0 heterocycles. The predicted molar refractivity (Wildman–Crippen MR) is 77.2 cm³/mol. The summed E-state index contributed by atoms with van der Waals surface area (Å²) in [6.07, 6.45) is 3.46. The zero-order chi connectivity index (χ0) is 14.6. The maximum atomic E-state index is 12.1. The second-order valence-corrected chi connectivity index (χ2v) is 6.60. The lowest BCUT2D eigenvalue weighted by molar-refractivity contribution is -0.160. The zero-order valence-corrected chi connectivity index (χ0v) is 12.8. The Balaban J connectivity index is 2.58. The molecule has 4 atom stereocenters. The molecule has 0 spiro atoms. The van der Waals surface area contributed by atoms with E-state index in [-0.39, 0.29) is 18.0 Å². The highest BCUT2D eigenvalue weighted by atomic mass is 16.5. The van der Waals surface area contributed by atoms with Crippen LogP contribution in [0.2, 0.25) is 0 Å². The van der Waals surface area contributed by atoms with Crippen molar-refractivity contribution in [2.24, 2.45) is 35.1 Å². The van der Waals surface area contributed by atoms with E-state index in [1.165, 1.54) is 6.42 Å². The molecule has 0 saturated heterocycles. The van der Waals surface area contributed by atoms with Gasteiger partial charge in [0.15, 0.2) is 0 Å². The molecular weight excluding hydrogens is 240 g/mol. The summed E-state index contributed by atoms with van der Waals surface area (Å²) in [5.74, 6) is 1.31. The lowest BCUT2D eigenvalue weighted by atomic mass is 9.75. The highest BCUT2D eigenvalue weighted by Crippen LogP contribution is 2.35. The van der Waals surface area contributed by atoms with Crippen molar-refractivity contribution < 1.29 is 9.53 Å². The number of hydrogen-bond donors (Lipinski definition) is 2. The average molecular weight is 270 g/mol. The van der Waals surface area contributed by atoms with Crippen LogP contribution in [0.5, 0.6) is 0 Å². The number of carbonyl (C=O) groups excluding carboxylic acids is 1. The van der Waals surface area contributed by atoms with Crippen molar-refractivity contribution in [3.63, 3.8) is 0 Å². The molecule has 0 aliphatic heterocycles. The molecule has 1 saturated carbocycles. The van der Waals surface area contributed by atoms with Crippen molar-refractivity contribution in [2.75, 3.05) is 0 Å². The van der Waals surface area contributed by atoms with Gasteiger partial charge in [-0.15, -0.1) is 0 Å². The molecule has 0 radical (unpaired) electrons. The molecule has 1 fully saturated rings. The van der Waals surface area contributed by atoms with E-state index >= 15 is 0 Å². The van der Waals surface area contributed by atoms with Crippen LogP contribution in [0.15, 0.2) is 0 Å². The minimum atomic E-state index is -0.450. The second kappa shape index (κ2) is 7.25. The van der Waals surface area contributed by atoms with Gasteiger partial charge in [0, 0.05) is 0 Å². The smallest absolute Gasteiger partial charge is 0.309 e. The Bertz CT molecular complexity index is 292. The van der Waals surface area contributed by atoms with Crippen LogP contribution in [0.1, 0.15) is 53.4 Å². The summed E-state index contributed by atoms with van der Waals surface area (Å²) in [7, 11) is 0. The molecule has 19 heavy (non-hydrogen) atoms. The molecule has 0 bridgehead atoms. The van der Waals surface area contributed by atoms with E-state index in [1.54, 1.807) is 0 Å². The fourth-order valence-corrected chi connectivity index (χ4v) is 3.02. The molecule has 4 N–H and O–H groups in total. The summed E-state index contributed by atoms with van der Waals surface area (Å²) >= 11 is 0. The molecule has 0 aromatic rings. The SMILES string of the molecule is CC(CC(N)N)C(=O)OC1C[C@H](C)CC[C@H]1C(C)C. The maximum absolute atomic E-state index is 12.1. The Morgan fingerprint density at radius 1 is 1.26 bits per heavy atom. The fraction of sp³-hybridized carbons (Fsp3) is 0.933. The van der Waals surface area contributed by atoms with Crippen LogP contribution >= 0.6 is 0 Å². The summed E-state index contributed by atoms with van der Waals surface area (Å²) in [6, 6.07) is 0. The normalized spacial score (nSPS) is 29.6. The first kappa shape index (κ1) is 16.4. The van der Waals surface area contributed by atoms with E-state index in [2.05, 4.69) is 20.8 Å². The summed E-state index contributed by atoms with van der Waals surface area (Å²) in [4.78, 5) is 12.1. The summed E-state index contributed by atoms with van der Waals surface area (Å²) in [5, 5.41) is 0. The fourth-order valence-electron chi connectivity index (χ4n) is 3.02. The summed E-state index contributed by atoms with van der Waals surface area (Å²) in [5.41, 5.74) is 11.1. The van der Waals surface area contributed by atoms with Gasteiger partial charge in [0.1, 0.15) is 6.10 Å². The van der Waals surface area contributed by atoms with Crippen molar-refractivity contribution in [1.29, 1.82) is 0 Å². The molecule has 4 nitrogen and oxygen atoms in total. The van der Waals surface area contributed by atoms with E-state index in [4.69, 9.17) is 16.2 Å². The lowest BCUT2D eigenvalue weighted by Crippen LogP contribution is -2.39. The van der Waals surface area contributed by atoms with Crippen LogP contribution in [-0.2, 0) is 9.53 Å².